The molecule has 0 aliphatic carbocycles. The second-order valence-corrected chi connectivity index (χ2v) is 5.40. The molecule has 0 bridgehead atoms. The molecule has 0 aliphatic heterocycles. The lowest BCUT2D eigenvalue weighted by atomic mass is 10.2. The summed E-state index contributed by atoms with van der Waals surface area (Å²) in [4.78, 5) is 11.0. The Morgan fingerprint density at radius 3 is 2.77 bits per heavy atom. The Bertz CT molecular complexity index is 779. The van der Waals surface area contributed by atoms with Crippen LogP contribution in [0.1, 0.15) is 18.1 Å². The smallest absolute Gasteiger partial charge is 0.427 e. The van der Waals surface area contributed by atoms with E-state index in [1.807, 2.05) is 6.92 Å². The Labute approximate surface area is 155 Å². The van der Waals surface area contributed by atoms with Crippen LogP contribution in [0.2, 0.25) is 5.02 Å². The molecule has 1 N–H and O–H groups in total. The molecule has 2 aromatic carbocycles. The predicted octanol–water partition coefficient (Wildman–Crippen LogP) is 4.15. The van der Waals surface area contributed by atoms with Crippen LogP contribution < -0.4 is 14.9 Å². The Hall–Kier alpha value is -2.80. The number of hydrogen-bond donors (Lipinski definition) is 1. The maximum atomic E-state index is 13.8. The van der Waals surface area contributed by atoms with Crippen LogP contribution in [0.3, 0.4) is 0 Å². The molecule has 0 fully saturated rings. The quantitative estimate of drug-likeness (QED) is 0.578. The van der Waals surface area contributed by atoms with Crippen LogP contribution >= 0.6 is 11.6 Å². The summed E-state index contributed by atoms with van der Waals surface area (Å²) in [6.45, 7) is 2.21. The Kier molecular flexibility index (Phi) is 7.23. The van der Waals surface area contributed by atoms with Gasteiger partial charge in [-0.05, 0) is 42.8 Å². The van der Waals surface area contributed by atoms with Gasteiger partial charge in [0.25, 0.3) is 0 Å². The van der Waals surface area contributed by atoms with E-state index in [4.69, 9.17) is 21.1 Å². The number of methoxy groups -OCH3 is 1. The lowest BCUT2D eigenvalue weighted by Gasteiger charge is -2.13. The van der Waals surface area contributed by atoms with Gasteiger partial charge in [-0.3, -0.25) is 0 Å². The molecule has 0 aliphatic rings. The van der Waals surface area contributed by atoms with Crippen LogP contribution in [0, 0.1) is 5.82 Å². The van der Waals surface area contributed by atoms with E-state index in [2.05, 4.69) is 15.3 Å². The monoisotopic (exact) mass is 380 g/mol. The predicted molar refractivity (Wildman–Crippen MR) is 96.5 cm³/mol. The van der Waals surface area contributed by atoms with Crippen molar-refractivity contribution in [3.8, 4) is 11.5 Å². The molecule has 1 amide bonds. The highest BCUT2D eigenvalue weighted by Gasteiger charge is 2.11. The normalized spacial score (nSPS) is 10.6. The molecule has 0 saturated carbocycles. The molecule has 0 atom stereocenters. The summed E-state index contributed by atoms with van der Waals surface area (Å²) in [7, 11) is 1.24. The van der Waals surface area contributed by atoms with E-state index in [1.54, 1.807) is 24.3 Å². The van der Waals surface area contributed by atoms with E-state index < -0.39 is 11.9 Å². The molecule has 0 heterocycles. The van der Waals surface area contributed by atoms with Gasteiger partial charge in [-0.1, -0.05) is 17.7 Å². The zero-order valence-corrected chi connectivity index (χ0v) is 15.0. The van der Waals surface area contributed by atoms with Gasteiger partial charge in [-0.15, -0.1) is 0 Å². The summed E-state index contributed by atoms with van der Waals surface area (Å²) in [5, 5.41) is 4.04. The fourth-order valence-corrected chi connectivity index (χ4v) is 2.24. The molecule has 8 heteroatoms. The average molecular weight is 381 g/mol. The molecular weight excluding hydrogens is 363 g/mol. The molecular formula is C18H18ClFN2O4. The molecule has 2 aromatic rings. The zero-order valence-electron chi connectivity index (χ0n) is 14.3. The van der Waals surface area contributed by atoms with E-state index >= 15 is 0 Å². The van der Waals surface area contributed by atoms with Crippen molar-refractivity contribution in [2.75, 3.05) is 13.7 Å². The van der Waals surface area contributed by atoms with E-state index in [1.165, 1.54) is 25.5 Å². The summed E-state index contributed by atoms with van der Waals surface area (Å²) >= 11 is 6.00. The maximum Gasteiger partial charge on any atom is 0.427 e. The molecule has 0 aromatic heterocycles. The summed E-state index contributed by atoms with van der Waals surface area (Å²) in [5.74, 6) is 0.458. The molecule has 0 unspecified atom stereocenters. The van der Waals surface area contributed by atoms with Gasteiger partial charge in [0.2, 0.25) is 0 Å². The molecule has 6 nitrogen and oxygen atoms in total. The van der Waals surface area contributed by atoms with Crippen LogP contribution in [0.25, 0.3) is 0 Å². The summed E-state index contributed by atoms with van der Waals surface area (Å²) in [6, 6.07) is 9.51. The van der Waals surface area contributed by atoms with E-state index in [0.717, 1.165) is 0 Å². The minimum atomic E-state index is -0.673. The number of rotatable bonds is 7. The van der Waals surface area contributed by atoms with Gasteiger partial charge in [0, 0.05) is 5.56 Å². The molecule has 138 valence electrons. The summed E-state index contributed by atoms with van der Waals surface area (Å²) < 4.78 is 29.5. The summed E-state index contributed by atoms with van der Waals surface area (Å²) in [5.41, 5.74) is 3.12. The second kappa shape index (κ2) is 9.62. The first-order valence-electron chi connectivity index (χ1n) is 7.74. The van der Waals surface area contributed by atoms with Crippen LogP contribution in [0.5, 0.6) is 11.5 Å². The van der Waals surface area contributed by atoms with Gasteiger partial charge >= 0.3 is 6.09 Å². The van der Waals surface area contributed by atoms with Gasteiger partial charge in [0.15, 0.2) is 11.5 Å². The fraction of sp³-hybridized carbons (Fsp3) is 0.222. The number of carbonyl (C=O) groups excluding carboxylic acids is 1. The molecule has 0 spiro atoms. The third-order valence-electron chi connectivity index (χ3n) is 3.26. The fourth-order valence-electron chi connectivity index (χ4n) is 2.02. The first-order valence-corrected chi connectivity index (χ1v) is 8.12. The van der Waals surface area contributed by atoms with Crippen molar-refractivity contribution in [1.82, 2.24) is 5.43 Å². The van der Waals surface area contributed by atoms with Crippen molar-refractivity contribution < 1.29 is 23.4 Å². The lowest BCUT2D eigenvalue weighted by Crippen LogP contribution is -2.16. The average Bonchev–Trinajstić information content (AvgIpc) is 2.62. The third-order valence-corrected chi connectivity index (χ3v) is 3.61. The first-order chi connectivity index (χ1) is 12.5. The largest absolute Gasteiger partial charge is 0.490 e. The van der Waals surface area contributed by atoms with Crippen molar-refractivity contribution >= 4 is 23.9 Å². The highest BCUT2D eigenvalue weighted by Crippen LogP contribution is 2.30. The zero-order chi connectivity index (χ0) is 18.9. The van der Waals surface area contributed by atoms with Crippen LogP contribution in [0.4, 0.5) is 9.18 Å². The highest BCUT2D eigenvalue weighted by atomic mass is 35.5. The minimum Gasteiger partial charge on any atom is -0.490 e. The number of carbonyl (C=O) groups is 1. The van der Waals surface area contributed by atoms with Gasteiger partial charge in [0.05, 0.1) is 25.0 Å². The van der Waals surface area contributed by atoms with Crippen molar-refractivity contribution in [1.29, 1.82) is 0 Å². The standard InChI is InChI=1S/C18H18ClFN2O4/c1-3-25-17-9-12(10-21-22-18(23)24-2)7-8-16(17)26-11-13-14(19)5-4-6-15(13)20/h4-10H,3,11H2,1-2H3,(H,22,23)/b21-10-. The number of nitrogens with one attached hydrogen (secondary N) is 1. The Morgan fingerprint density at radius 1 is 1.27 bits per heavy atom. The van der Waals surface area contributed by atoms with Crippen molar-refractivity contribution in [2.24, 2.45) is 5.10 Å². The van der Waals surface area contributed by atoms with Crippen molar-refractivity contribution in [3.05, 3.63) is 58.4 Å². The topological polar surface area (TPSA) is 69.2 Å². The van der Waals surface area contributed by atoms with E-state index in [0.29, 0.717) is 28.7 Å². The number of ether oxygens (including phenoxy) is 3. The number of halogens is 2. The van der Waals surface area contributed by atoms with Gasteiger partial charge in [-0.25, -0.2) is 14.6 Å². The van der Waals surface area contributed by atoms with Crippen molar-refractivity contribution in [3.63, 3.8) is 0 Å². The van der Waals surface area contributed by atoms with E-state index in [-0.39, 0.29) is 12.2 Å². The molecule has 2 rings (SSSR count). The number of hydrogen-bond acceptors (Lipinski definition) is 5. The lowest BCUT2D eigenvalue weighted by molar-refractivity contribution is 0.171. The second-order valence-electron chi connectivity index (χ2n) is 4.99. The van der Waals surface area contributed by atoms with Gasteiger partial charge < -0.3 is 14.2 Å². The SMILES string of the molecule is CCOc1cc(/C=N\NC(=O)OC)ccc1OCc1c(F)cccc1Cl. The Morgan fingerprint density at radius 2 is 2.08 bits per heavy atom. The van der Waals surface area contributed by atoms with Gasteiger partial charge in [-0.2, -0.15) is 5.10 Å². The first kappa shape index (κ1) is 19.5. The molecule has 0 saturated heterocycles. The minimum absolute atomic E-state index is 0.0388. The molecule has 0 radical (unpaired) electrons. The van der Waals surface area contributed by atoms with Crippen LogP contribution in [-0.2, 0) is 11.3 Å². The van der Waals surface area contributed by atoms with Crippen molar-refractivity contribution in [2.45, 2.75) is 13.5 Å². The maximum absolute atomic E-state index is 13.8. The van der Waals surface area contributed by atoms with E-state index in [9.17, 15) is 9.18 Å². The van der Waals surface area contributed by atoms with Crippen LogP contribution in [0.15, 0.2) is 41.5 Å². The Balaban J connectivity index is 2.14. The van der Waals surface area contributed by atoms with Crippen LogP contribution in [-0.4, -0.2) is 26.0 Å². The number of nitrogens with zero attached hydrogens (tertiary/aromatic N) is 1. The molecule has 26 heavy (non-hydrogen) atoms. The third kappa shape index (κ3) is 5.35. The highest BCUT2D eigenvalue weighted by molar-refractivity contribution is 6.31. The number of hydrazone groups is 1. The number of benzene rings is 2. The van der Waals surface area contributed by atoms with Gasteiger partial charge in [0.1, 0.15) is 12.4 Å². The number of amides is 1. The summed E-state index contributed by atoms with van der Waals surface area (Å²) in [6.07, 6.45) is 0.754.